The highest BCUT2D eigenvalue weighted by Crippen LogP contribution is 2.59. The lowest BCUT2D eigenvalue weighted by molar-refractivity contribution is 0.0861. The summed E-state index contributed by atoms with van der Waals surface area (Å²) in [5.74, 6) is 2.29. The van der Waals surface area contributed by atoms with Gasteiger partial charge in [-0.15, -0.1) is 0 Å². The molecule has 3 aliphatic rings. The zero-order valence-corrected chi connectivity index (χ0v) is 19.1. The Hall–Kier alpha value is -1.12. The van der Waals surface area contributed by atoms with E-state index in [9.17, 15) is 10.2 Å². The van der Waals surface area contributed by atoms with Gasteiger partial charge in [-0.2, -0.15) is 0 Å². The van der Waals surface area contributed by atoms with Gasteiger partial charge in [0.15, 0.2) is 0 Å². The highest BCUT2D eigenvalue weighted by atomic mass is 16.3. The van der Waals surface area contributed by atoms with E-state index in [0.29, 0.717) is 24.2 Å². The summed E-state index contributed by atoms with van der Waals surface area (Å²) >= 11 is 0. The van der Waals surface area contributed by atoms with Crippen molar-refractivity contribution in [3.8, 4) is 0 Å². The third-order valence-corrected chi connectivity index (χ3v) is 8.16. The minimum atomic E-state index is -0.600. The maximum absolute atomic E-state index is 10.1. The average Bonchev–Trinajstić information content (AvgIpc) is 3.00. The van der Waals surface area contributed by atoms with Crippen molar-refractivity contribution in [1.29, 1.82) is 0 Å². The summed E-state index contributed by atoms with van der Waals surface area (Å²) in [5, 5.41) is 20.2. The highest BCUT2D eigenvalue weighted by Gasteiger charge is 2.50. The summed E-state index contributed by atoms with van der Waals surface area (Å²) in [6, 6.07) is 0. The molecule has 2 nitrogen and oxygen atoms in total. The molecule has 162 valence electrons. The molecular weight excluding hydrogens is 356 g/mol. The second-order valence-electron chi connectivity index (χ2n) is 10.5. The summed E-state index contributed by atoms with van der Waals surface area (Å²) in [6.07, 6.45) is 15.9. The minimum absolute atomic E-state index is 0.416. The SMILES string of the molecule is C=C1C(=CC=C2CCCC3(C)C2CCC3C(C)CCC=C(C)C)CC(O)CC1O. The third kappa shape index (κ3) is 4.97. The van der Waals surface area contributed by atoms with Crippen LogP contribution in [0.1, 0.15) is 85.5 Å². The van der Waals surface area contributed by atoms with Crippen LogP contribution >= 0.6 is 0 Å². The van der Waals surface area contributed by atoms with E-state index in [1.165, 1.54) is 50.5 Å². The summed E-state index contributed by atoms with van der Waals surface area (Å²) in [4.78, 5) is 0. The average molecular weight is 399 g/mol. The Morgan fingerprint density at radius 2 is 2.00 bits per heavy atom. The zero-order valence-electron chi connectivity index (χ0n) is 19.1. The van der Waals surface area contributed by atoms with Crippen molar-refractivity contribution < 1.29 is 10.2 Å². The molecule has 0 aromatic heterocycles. The van der Waals surface area contributed by atoms with E-state index >= 15 is 0 Å². The maximum atomic E-state index is 10.1. The van der Waals surface area contributed by atoms with Crippen molar-refractivity contribution in [2.75, 3.05) is 0 Å². The molecule has 0 aliphatic heterocycles. The second-order valence-corrected chi connectivity index (χ2v) is 10.5. The first-order valence-corrected chi connectivity index (χ1v) is 11.8. The van der Waals surface area contributed by atoms with Crippen molar-refractivity contribution in [3.63, 3.8) is 0 Å². The van der Waals surface area contributed by atoms with Crippen LogP contribution in [0, 0.1) is 23.2 Å². The first kappa shape index (κ1) is 22.6. The largest absolute Gasteiger partial charge is 0.393 e. The van der Waals surface area contributed by atoms with Crippen LogP contribution in [0.15, 0.2) is 47.1 Å². The van der Waals surface area contributed by atoms with Crippen LogP contribution < -0.4 is 0 Å². The van der Waals surface area contributed by atoms with Crippen LogP contribution in [0.5, 0.6) is 0 Å². The molecule has 3 rings (SSSR count). The molecule has 0 aromatic carbocycles. The van der Waals surface area contributed by atoms with Crippen LogP contribution in [-0.4, -0.2) is 22.4 Å². The number of hydrogen-bond donors (Lipinski definition) is 2. The van der Waals surface area contributed by atoms with E-state index in [1.807, 2.05) is 0 Å². The fourth-order valence-corrected chi connectivity index (χ4v) is 6.52. The Balaban J connectivity index is 1.74. The van der Waals surface area contributed by atoms with E-state index in [2.05, 4.69) is 52.5 Å². The van der Waals surface area contributed by atoms with Gasteiger partial charge in [-0.1, -0.05) is 49.8 Å². The molecule has 0 saturated heterocycles. The Bertz CT molecular complexity index is 693. The highest BCUT2D eigenvalue weighted by molar-refractivity contribution is 5.38. The number of aliphatic hydroxyl groups excluding tert-OH is 2. The van der Waals surface area contributed by atoms with Gasteiger partial charge in [0.25, 0.3) is 0 Å². The molecule has 3 saturated carbocycles. The monoisotopic (exact) mass is 398 g/mol. The number of fused-ring (bicyclic) bond motifs is 1. The summed E-state index contributed by atoms with van der Waals surface area (Å²) < 4.78 is 0. The molecule has 2 heteroatoms. The summed E-state index contributed by atoms with van der Waals surface area (Å²) in [6.45, 7) is 13.5. The van der Waals surface area contributed by atoms with E-state index in [-0.39, 0.29) is 0 Å². The van der Waals surface area contributed by atoms with Crippen LogP contribution in [0.25, 0.3) is 0 Å². The molecular formula is C27H42O2. The molecule has 29 heavy (non-hydrogen) atoms. The lowest BCUT2D eigenvalue weighted by Crippen LogP contribution is -2.36. The molecule has 0 amide bonds. The molecule has 6 atom stereocenters. The van der Waals surface area contributed by atoms with Crippen molar-refractivity contribution in [3.05, 3.63) is 47.1 Å². The number of hydrogen-bond acceptors (Lipinski definition) is 2. The molecule has 6 unspecified atom stereocenters. The fraction of sp³-hybridized carbons (Fsp3) is 0.704. The van der Waals surface area contributed by atoms with E-state index in [1.54, 1.807) is 5.57 Å². The van der Waals surface area contributed by atoms with Crippen LogP contribution in [0.2, 0.25) is 0 Å². The van der Waals surface area contributed by atoms with Gasteiger partial charge in [0.1, 0.15) is 0 Å². The Morgan fingerprint density at radius 1 is 1.24 bits per heavy atom. The molecule has 0 heterocycles. The van der Waals surface area contributed by atoms with Crippen molar-refractivity contribution in [2.45, 2.75) is 97.7 Å². The Morgan fingerprint density at radius 3 is 2.72 bits per heavy atom. The predicted molar refractivity (Wildman–Crippen MR) is 123 cm³/mol. The lowest BCUT2D eigenvalue weighted by atomic mass is 9.60. The predicted octanol–water partition coefficient (Wildman–Crippen LogP) is 6.51. The number of aliphatic hydroxyl groups is 2. The molecule has 3 fully saturated rings. The van der Waals surface area contributed by atoms with Gasteiger partial charge in [0, 0.05) is 6.42 Å². The standard InChI is InChI=1S/C27H42O2/c1-18(2)8-6-9-19(3)24-13-14-25-21(10-7-15-27(24,25)5)11-12-22-16-23(28)17-26(29)20(22)4/h8,11-12,19,23-26,28-29H,4,6-7,9-10,13-17H2,1-3,5H3. The fourth-order valence-electron chi connectivity index (χ4n) is 6.52. The van der Waals surface area contributed by atoms with Gasteiger partial charge in [-0.05, 0) is 99.5 Å². The topological polar surface area (TPSA) is 40.5 Å². The van der Waals surface area contributed by atoms with Crippen molar-refractivity contribution >= 4 is 0 Å². The first-order chi connectivity index (χ1) is 13.7. The molecule has 0 spiro atoms. The normalized spacial score (nSPS) is 38.9. The van der Waals surface area contributed by atoms with Crippen molar-refractivity contribution in [2.24, 2.45) is 23.2 Å². The number of allylic oxidation sites excluding steroid dienone is 5. The minimum Gasteiger partial charge on any atom is -0.393 e. The van der Waals surface area contributed by atoms with Gasteiger partial charge in [-0.25, -0.2) is 0 Å². The van der Waals surface area contributed by atoms with Gasteiger partial charge >= 0.3 is 0 Å². The van der Waals surface area contributed by atoms with Gasteiger partial charge < -0.3 is 10.2 Å². The lowest BCUT2D eigenvalue weighted by Gasteiger charge is -2.44. The van der Waals surface area contributed by atoms with Crippen molar-refractivity contribution in [1.82, 2.24) is 0 Å². The third-order valence-electron chi connectivity index (χ3n) is 8.16. The molecule has 0 radical (unpaired) electrons. The molecule has 3 aliphatic carbocycles. The van der Waals surface area contributed by atoms with Crippen LogP contribution in [0.3, 0.4) is 0 Å². The van der Waals surface area contributed by atoms with E-state index in [0.717, 1.165) is 23.0 Å². The smallest absolute Gasteiger partial charge is 0.0811 e. The van der Waals surface area contributed by atoms with Crippen LogP contribution in [0.4, 0.5) is 0 Å². The van der Waals surface area contributed by atoms with E-state index < -0.39 is 12.2 Å². The molecule has 2 N–H and O–H groups in total. The molecule has 0 aromatic rings. The summed E-state index contributed by atoms with van der Waals surface area (Å²) in [7, 11) is 0. The van der Waals surface area contributed by atoms with Gasteiger partial charge in [-0.3, -0.25) is 0 Å². The Labute approximate surface area is 178 Å². The van der Waals surface area contributed by atoms with Gasteiger partial charge in [0.05, 0.1) is 12.2 Å². The maximum Gasteiger partial charge on any atom is 0.0811 e. The van der Waals surface area contributed by atoms with Crippen LogP contribution in [-0.2, 0) is 0 Å². The zero-order chi connectivity index (χ0) is 21.2. The number of rotatable bonds is 5. The quantitative estimate of drug-likeness (QED) is 0.518. The first-order valence-electron chi connectivity index (χ1n) is 11.8. The second kappa shape index (κ2) is 9.35. The van der Waals surface area contributed by atoms with E-state index in [4.69, 9.17) is 0 Å². The van der Waals surface area contributed by atoms with Gasteiger partial charge in [0.2, 0.25) is 0 Å². The Kier molecular flexibility index (Phi) is 7.27. The molecule has 0 bridgehead atoms. The summed E-state index contributed by atoms with van der Waals surface area (Å²) in [5.41, 5.74) is 5.27.